The molecule has 0 bridgehead atoms. The zero-order valence-electron chi connectivity index (χ0n) is 48.7. The van der Waals surface area contributed by atoms with Gasteiger partial charge in [-0.2, -0.15) is 0 Å². The van der Waals surface area contributed by atoms with E-state index in [9.17, 15) is 19.2 Å². The highest BCUT2D eigenvalue weighted by Gasteiger charge is 2.24. The number of likely N-dealkylation sites (N-methyl/N-ethyl adjacent to an activating group) is 1. The van der Waals surface area contributed by atoms with Gasteiger partial charge in [-0.1, -0.05) is 84.3 Å². The number of carbonyl (C=O) groups is 4. The molecule has 0 aliphatic carbocycles. The number of rotatable bonds is 23. The summed E-state index contributed by atoms with van der Waals surface area (Å²) < 4.78 is 9.05. The number of aliphatic carboxylic acids is 1. The van der Waals surface area contributed by atoms with E-state index >= 15 is 0 Å². The number of terminal acetylenes is 1. The molecule has 426 valence electrons. The molecule has 2 aliphatic heterocycles. The van der Waals surface area contributed by atoms with Crippen LogP contribution in [0, 0.1) is 18.8 Å². The van der Waals surface area contributed by atoms with Gasteiger partial charge < -0.3 is 56.0 Å². The molecule has 0 spiro atoms. The van der Waals surface area contributed by atoms with Gasteiger partial charge in [0.25, 0.3) is 0 Å². The number of likely N-dealkylation sites (tertiary alicyclic amines) is 2. The number of hydrogen-bond acceptors (Lipinski definition) is 14. The molecule has 16 nitrogen and oxygen atoms in total. The summed E-state index contributed by atoms with van der Waals surface area (Å²) >= 11 is 1.60. The van der Waals surface area contributed by atoms with E-state index in [4.69, 9.17) is 14.9 Å². The monoisotopic (exact) mass is 1050 g/mol. The molecule has 2 amide bonds. The number of ether oxygens (including phenoxy) is 2. The van der Waals surface area contributed by atoms with Gasteiger partial charge >= 0.3 is 5.97 Å². The summed E-state index contributed by atoms with van der Waals surface area (Å²) in [7, 11) is 9.03. The van der Waals surface area contributed by atoms with Crippen molar-refractivity contribution in [1.29, 1.82) is 0 Å². The standard InChI is InChI=1S/C12H19N3OS.C11H20O2.C10H20N2O.C6H13N.C6H10.C3H5NO2.C2H7NO.C2H6O.C2H6.C2H2/c1-9(2)14-12-15-11(8-17-12)10(3)13-6-5-7-16-4;1-2-3-4-5-6-7-8-9-10-11(12)13;1-8(2)9(11-3)7-12-6-4-5-10(12)13;1-6-4-3-5-7(6)2;1-3-5-6-4-2;5-2-1-4-3-6;1-2(3)4;1-3-2;2*1-2/h5,7-9H,6H2,1-4H3,(H,14,15);7-8H,2-6,9-10H2,1H3,(H,12,13);8-9,11H,4-7H2,1-3H3;6H,3-5H2,1-2H3;3-4,6H,1,5H2,2H3;2-3H,1H2,(H,4,6);2,4H,3H2,1H3;1-2H3;1-2H3;1-2H/b7-5+,13-10?;8-7-;;;6-4-;;;;;/t;;;6-;;;;;;/m...1....../s1. The average molecular weight is 1050 g/mol. The molecule has 3 rings (SSSR count). The van der Waals surface area contributed by atoms with E-state index < -0.39 is 12.2 Å². The van der Waals surface area contributed by atoms with Crippen LogP contribution in [-0.2, 0) is 28.7 Å². The van der Waals surface area contributed by atoms with Gasteiger partial charge in [0.05, 0.1) is 44.1 Å². The van der Waals surface area contributed by atoms with Gasteiger partial charge in [0, 0.05) is 63.7 Å². The highest BCUT2D eigenvalue weighted by Crippen LogP contribution is 2.17. The topological polar surface area (TPSA) is 221 Å². The Hall–Kier alpha value is -4.70. The number of carbonyl (C=O) groups excluding carboxylic acids is 3. The van der Waals surface area contributed by atoms with Crippen molar-refractivity contribution in [2.24, 2.45) is 16.6 Å². The fraction of sp³-hybridized carbons (Fsp3) is 0.679. The number of carboxylic acid groups (broad SMARTS) is 1. The molecule has 2 saturated heterocycles. The SMILES string of the molecule is C#C.C=CC/C=C\C.CC.CC(N)O.CCCCCC/C=C\CCC(=O)O.CNC(CN1CCCC1=O)C(C)C.CO/C=C/CN=C(C)c1csc(NC(C)C)n1.COC.C[C@@H]1CCCN1C.O=CCNC=O. The molecule has 1 aromatic rings. The highest BCUT2D eigenvalue weighted by molar-refractivity contribution is 7.13. The zero-order chi connectivity index (χ0) is 57.7. The van der Waals surface area contributed by atoms with E-state index in [1.54, 1.807) is 38.9 Å². The Morgan fingerprint density at radius 3 is 2.01 bits per heavy atom. The van der Waals surface area contributed by atoms with Crippen LogP contribution in [0.2, 0.25) is 0 Å². The molecule has 7 N–H and O–H groups in total. The number of carboxylic acids is 1. The number of methoxy groups -OCH3 is 2. The van der Waals surface area contributed by atoms with Crippen molar-refractivity contribution in [3.8, 4) is 12.8 Å². The van der Waals surface area contributed by atoms with Crippen LogP contribution in [0.3, 0.4) is 0 Å². The molecule has 0 radical (unpaired) electrons. The van der Waals surface area contributed by atoms with Crippen LogP contribution in [0.5, 0.6) is 0 Å². The van der Waals surface area contributed by atoms with Crippen LogP contribution in [-0.4, -0.2) is 148 Å². The Morgan fingerprint density at radius 1 is 1.04 bits per heavy atom. The molecule has 0 saturated carbocycles. The highest BCUT2D eigenvalue weighted by atomic mass is 32.1. The average Bonchev–Trinajstić information content (AvgIpc) is 4.11. The molecule has 2 fully saturated rings. The van der Waals surface area contributed by atoms with E-state index in [0.29, 0.717) is 49.6 Å². The minimum Gasteiger partial charge on any atom is -0.505 e. The molecule has 0 aromatic carbocycles. The van der Waals surface area contributed by atoms with Gasteiger partial charge in [0.2, 0.25) is 12.3 Å². The summed E-state index contributed by atoms with van der Waals surface area (Å²) in [5.41, 5.74) is 6.54. The van der Waals surface area contributed by atoms with Crippen molar-refractivity contribution in [2.45, 2.75) is 178 Å². The first-order valence-corrected chi connectivity index (χ1v) is 26.6. The van der Waals surface area contributed by atoms with Gasteiger partial charge in [-0.3, -0.25) is 19.4 Å². The predicted molar refractivity (Wildman–Crippen MR) is 313 cm³/mol. The van der Waals surface area contributed by atoms with Crippen molar-refractivity contribution in [1.82, 2.24) is 25.4 Å². The van der Waals surface area contributed by atoms with Gasteiger partial charge in [-0.25, -0.2) is 4.98 Å². The minimum atomic E-state index is -0.712. The summed E-state index contributed by atoms with van der Waals surface area (Å²) in [6.45, 7) is 29.9. The Labute approximate surface area is 450 Å². The first kappa shape index (κ1) is 82.3. The van der Waals surface area contributed by atoms with Crippen LogP contribution in [0.25, 0.3) is 0 Å². The molecule has 73 heavy (non-hydrogen) atoms. The number of aliphatic hydroxyl groups is 1. The van der Waals surface area contributed by atoms with Crippen LogP contribution in [0.15, 0.2) is 59.7 Å². The van der Waals surface area contributed by atoms with Crippen LogP contribution in [0.1, 0.15) is 159 Å². The van der Waals surface area contributed by atoms with E-state index in [0.717, 1.165) is 61.4 Å². The van der Waals surface area contributed by atoms with E-state index in [1.807, 2.05) is 69.3 Å². The number of anilines is 1. The summed E-state index contributed by atoms with van der Waals surface area (Å²) in [6.07, 6.45) is 34.6. The molecular weight excluding hydrogens is 945 g/mol. The number of amides is 2. The summed E-state index contributed by atoms with van der Waals surface area (Å²) in [6, 6.07) is 1.68. The Morgan fingerprint density at radius 2 is 1.64 bits per heavy atom. The van der Waals surface area contributed by atoms with E-state index in [2.05, 4.69) is 121 Å². The lowest BCUT2D eigenvalue weighted by molar-refractivity contribution is -0.137. The van der Waals surface area contributed by atoms with Crippen LogP contribution in [0.4, 0.5) is 5.13 Å². The number of nitrogens with two attached hydrogens (primary N) is 1. The number of aliphatic imine (C=N–C) groups is 1. The number of unbranched alkanes of at least 4 members (excludes halogenated alkanes) is 4. The second-order valence-electron chi connectivity index (χ2n) is 16.6. The normalized spacial score (nSPS) is 14.2. The first-order valence-electron chi connectivity index (χ1n) is 25.8. The van der Waals surface area contributed by atoms with Crippen molar-refractivity contribution >= 4 is 46.8 Å². The largest absolute Gasteiger partial charge is 0.505 e. The second-order valence-corrected chi connectivity index (χ2v) is 17.5. The van der Waals surface area contributed by atoms with Crippen molar-refractivity contribution in [2.75, 3.05) is 73.5 Å². The third kappa shape index (κ3) is 69.4. The maximum atomic E-state index is 11.3. The third-order valence-electron chi connectivity index (χ3n) is 9.34. The minimum absolute atomic E-state index is 0.115. The molecule has 17 heteroatoms. The van der Waals surface area contributed by atoms with Crippen molar-refractivity contribution in [3.63, 3.8) is 0 Å². The lowest BCUT2D eigenvalue weighted by Gasteiger charge is -2.26. The molecule has 2 aliphatic rings. The second kappa shape index (κ2) is 67.3. The van der Waals surface area contributed by atoms with Gasteiger partial charge in [-0.05, 0) is 119 Å². The molecule has 2 unspecified atom stereocenters. The maximum Gasteiger partial charge on any atom is 0.303 e. The first-order chi connectivity index (χ1) is 34.8. The molecule has 1 aromatic heterocycles. The fourth-order valence-electron chi connectivity index (χ4n) is 5.47. The third-order valence-corrected chi connectivity index (χ3v) is 10.1. The number of nitrogens with zero attached hydrogens (tertiary/aromatic N) is 4. The zero-order valence-corrected chi connectivity index (χ0v) is 49.5. The van der Waals surface area contributed by atoms with Crippen molar-refractivity contribution in [3.05, 3.63) is 60.4 Å². The Kier molecular flexibility index (Phi) is 75.9. The summed E-state index contributed by atoms with van der Waals surface area (Å²) in [5.74, 6) is 0.190. The fourth-order valence-corrected chi connectivity index (χ4v) is 6.37. The van der Waals surface area contributed by atoms with Gasteiger partial charge in [-0.15, -0.1) is 30.8 Å². The summed E-state index contributed by atoms with van der Waals surface area (Å²) in [5, 5.41) is 27.8. The van der Waals surface area contributed by atoms with E-state index in [1.165, 1.54) is 52.0 Å². The number of thiazole rings is 1. The number of aliphatic hydroxyl groups excluding tert-OH is 1. The number of nitrogens with one attached hydrogen (secondary N) is 3. The van der Waals surface area contributed by atoms with Gasteiger partial charge in [0.15, 0.2) is 5.13 Å². The number of allylic oxidation sites excluding steroid dienone is 5. The molecule has 3 atom stereocenters. The predicted octanol–water partition coefficient (Wildman–Crippen LogP) is 10.2. The van der Waals surface area contributed by atoms with Gasteiger partial charge in [0.1, 0.15) is 6.29 Å². The quantitative estimate of drug-likeness (QED) is 0.0114. The van der Waals surface area contributed by atoms with Crippen molar-refractivity contribution < 1.29 is 38.9 Å². The lowest BCUT2D eigenvalue weighted by Crippen LogP contribution is -2.43. The summed E-state index contributed by atoms with van der Waals surface area (Å²) in [4.78, 5) is 53.4. The van der Waals surface area contributed by atoms with Crippen LogP contribution < -0.4 is 21.7 Å². The Bertz CT molecular complexity index is 1480. The van der Waals surface area contributed by atoms with E-state index in [-0.39, 0.29) is 13.0 Å². The number of aldehydes is 1. The Balaban J connectivity index is -0.000000142. The smallest absolute Gasteiger partial charge is 0.303 e. The molecular formula is C56H108N8O8S. The maximum absolute atomic E-state index is 11.3. The lowest BCUT2D eigenvalue weighted by atomic mass is 10.0. The molecule has 3 heterocycles. The number of aromatic nitrogens is 1. The number of hydrogen-bond donors (Lipinski definition) is 6. The van der Waals surface area contributed by atoms with Crippen LogP contribution >= 0.6 is 11.3 Å².